The molecule has 0 spiro atoms. The van der Waals surface area contributed by atoms with Gasteiger partial charge in [-0.3, -0.25) is 0 Å². The van der Waals surface area contributed by atoms with Gasteiger partial charge < -0.3 is 5.32 Å². The van der Waals surface area contributed by atoms with Gasteiger partial charge in [-0.15, -0.1) is 0 Å². The average Bonchev–Trinajstić information content (AvgIpc) is 2.29. The predicted octanol–water partition coefficient (Wildman–Crippen LogP) is 1.85. The fourth-order valence-electron chi connectivity index (χ4n) is 2.00. The molecule has 0 radical (unpaired) electrons. The Morgan fingerprint density at radius 1 is 1.47 bits per heavy atom. The molecule has 1 aromatic rings. The van der Waals surface area contributed by atoms with E-state index in [1.54, 1.807) is 0 Å². The van der Waals surface area contributed by atoms with E-state index < -0.39 is 15.8 Å². The van der Waals surface area contributed by atoms with Gasteiger partial charge in [-0.2, -0.15) is 4.31 Å². The van der Waals surface area contributed by atoms with Gasteiger partial charge >= 0.3 is 0 Å². The first kappa shape index (κ1) is 14.7. The van der Waals surface area contributed by atoms with E-state index in [1.165, 1.54) is 10.4 Å². The van der Waals surface area contributed by atoms with Crippen LogP contribution in [0.4, 0.5) is 4.39 Å². The summed E-state index contributed by atoms with van der Waals surface area (Å²) in [6, 6.07) is 3.32. The standard InChI is InChI=1S/C12H16ClFN2O2S/c1-2-5-16(10-7-15-8-10)19(17,18)12-6-9(14)3-4-11(12)13/h3-4,6,10,15H,2,5,7-8H2,1H3. The maximum absolute atomic E-state index is 13.3. The molecule has 19 heavy (non-hydrogen) atoms. The number of nitrogens with zero attached hydrogens (tertiary/aromatic N) is 1. The molecule has 1 N–H and O–H groups in total. The van der Waals surface area contributed by atoms with Crippen molar-refractivity contribution in [1.82, 2.24) is 9.62 Å². The van der Waals surface area contributed by atoms with Gasteiger partial charge in [0.2, 0.25) is 10.0 Å². The maximum atomic E-state index is 13.3. The molecule has 2 rings (SSSR count). The van der Waals surface area contributed by atoms with Crippen molar-refractivity contribution in [1.29, 1.82) is 0 Å². The topological polar surface area (TPSA) is 49.4 Å². The first-order valence-electron chi connectivity index (χ1n) is 6.14. The van der Waals surface area contributed by atoms with Gasteiger partial charge in [-0.05, 0) is 24.6 Å². The van der Waals surface area contributed by atoms with Crippen LogP contribution in [0, 0.1) is 5.82 Å². The van der Waals surface area contributed by atoms with Crippen LogP contribution in [0.25, 0.3) is 0 Å². The third-order valence-corrected chi connectivity index (χ3v) is 5.52. The van der Waals surface area contributed by atoms with Crippen LogP contribution in [-0.2, 0) is 10.0 Å². The molecule has 0 amide bonds. The Kier molecular flexibility index (Phi) is 4.45. The molecule has 1 aromatic carbocycles. The quantitative estimate of drug-likeness (QED) is 0.903. The lowest BCUT2D eigenvalue weighted by molar-refractivity contribution is 0.242. The highest BCUT2D eigenvalue weighted by atomic mass is 35.5. The largest absolute Gasteiger partial charge is 0.313 e. The first-order chi connectivity index (χ1) is 8.96. The molecule has 0 unspecified atom stereocenters. The minimum atomic E-state index is -3.76. The van der Waals surface area contributed by atoms with Crippen LogP contribution in [0.1, 0.15) is 13.3 Å². The molecule has 0 aliphatic carbocycles. The lowest BCUT2D eigenvalue weighted by Gasteiger charge is -2.37. The Morgan fingerprint density at radius 3 is 2.68 bits per heavy atom. The summed E-state index contributed by atoms with van der Waals surface area (Å²) in [4.78, 5) is -0.158. The van der Waals surface area contributed by atoms with E-state index in [0.717, 1.165) is 12.1 Å². The third-order valence-electron chi connectivity index (χ3n) is 3.09. The molecule has 106 valence electrons. The van der Waals surface area contributed by atoms with Crippen molar-refractivity contribution >= 4 is 21.6 Å². The van der Waals surface area contributed by atoms with Crippen molar-refractivity contribution in [3.05, 3.63) is 29.0 Å². The van der Waals surface area contributed by atoms with E-state index >= 15 is 0 Å². The molecule has 1 aliphatic heterocycles. The number of hydrogen-bond acceptors (Lipinski definition) is 3. The number of halogens is 2. The summed E-state index contributed by atoms with van der Waals surface area (Å²) in [7, 11) is -3.76. The summed E-state index contributed by atoms with van der Waals surface area (Å²) in [5, 5.41) is 3.09. The number of hydrogen-bond donors (Lipinski definition) is 1. The van der Waals surface area contributed by atoms with Gasteiger partial charge in [0.1, 0.15) is 10.7 Å². The Balaban J connectivity index is 2.40. The van der Waals surface area contributed by atoms with Crippen molar-refractivity contribution in [2.75, 3.05) is 19.6 Å². The number of rotatable bonds is 5. The zero-order valence-electron chi connectivity index (χ0n) is 10.6. The molecule has 4 nitrogen and oxygen atoms in total. The van der Waals surface area contributed by atoms with Crippen LogP contribution >= 0.6 is 11.6 Å². The molecule has 7 heteroatoms. The Bertz CT molecular complexity index is 561. The van der Waals surface area contributed by atoms with Crippen LogP contribution < -0.4 is 5.32 Å². The lowest BCUT2D eigenvalue weighted by atomic mass is 10.2. The smallest absolute Gasteiger partial charge is 0.245 e. The number of sulfonamides is 1. The highest BCUT2D eigenvalue weighted by Crippen LogP contribution is 2.27. The normalized spacial score (nSPS) is 16.6. The average molecular weight is 307 g/mol. The second kappa shape index (κ2) is 5.75. The molecule has 1 saturated heterocycles. The summed E-state index contributed by atoms with van der Waals surface area (Å²) >= 11 is 5.90. The van der Waals surface area contributed by atoms with Gasteiger partial charge in [-0.25, -0.2) is 12.8 Å². The van der Waals surface area contributed by atoms with E-state index in [-0.39, 0.29) is 16.0 Å². The minimum absolute atomic E-state index is 0.0507. The molecule has 1 fully saturated rings. The fourth-order valence-corrected chi connectivity index (χ4v) is 4.20. The molecular formula is C12H16ClFN2O2S. The van der Waals surface area contributed by atoms with E-state index in [1.807, 2.05) is 6.92 Å². The zero-order chi connectivity index (χ0) is 14.0. The molecule has 1 heterocycles. The monoisotopic (exact) mass is 306 g/mol. The van der Waals surface area contributed by atoms with Crippen LogP contribution in [0.15, 0.2) is 23.1 Å². The Hall–Kier alpha value is -0.690. The molecule has 1 aliphatic rings. The Morgan fingerprint density at radius 2 is 2.16 bits per heavy atom. The number of nitrogens with one attached hydrogen (secondary N) is 1. The van der Waals surface area contributed by atoms with Crippen molar-refractivity contribution in [3.8, 4) is 0 Å². The Labute approximate surface area is 117 Å². The van der Waals surface area contributed by atoms with E-state index in [9.17, 15) is 12.8 Å². The predicted molar refractivity (Wildman–Crippen MR) is 72.3 cm³/mol. The fraction of sp³-hybridized carbons (Fsp3) is 0.500. The van der Waals surface area contributed by atoms with Crippen LogP contribution in [0.3, 0.4) is 0 Å². The van der Waals surface area contributed by atoms with Gasteiger partial charge in [0.15, 0.2) is 0 Å². The summed E-state index contributed by atoms with van der Waals surface area (Å²) in [6.07, 6.45) is 0.697. The third kappa shape index (κ3) is 2.91. The zero-order valence-corrected chi connectivity index (χ0v) is 12.1. The van der Waals surface area contributed by atoms with Crippen molar-refractivity contribution < 1.29 is 12.8 Å². The number of benzene rings is 1. The van der Waals surface area contributed by atoms with Gasteiger partial charge in [0.25, 0.3) is 0 Å². The van der Waals surface area contributed by atoms with Crippen LogP contribution in [0.2, 0.25) is 5.02 Å². The first-order valence-corrected chi connectivity index (χ1v) is 7.96. The summed E-state index contributed by atoms with van der Waals surface area (Å²) in [6.45, 7) is 3.54. The second-order valence-electron chi connectivity index (χ2n) is 4.50. The summed E-state index contributed by atoms with van der Waals surface area (Å²) in [5.74, 6) is -0.605. The van der Waals surface area contributed by atoms with Crippen molar-refractivity contribution in [3.63, 3.8) is 0 Å². The maximum Gasteiger partial charge on any atom is 0.245 e. The summed E-state index contributed by atoms with van der Waals surface area (Å²) < 4.78 is 39.8. The van der Waals surface area contributed by atoms with Crippen LogP contribution in [-0.4, -0.2) is 38.4 Å². The van der Waals surface area contributed by atoms with Gasteiger partial charge in [-0.1, -0.05) is 18.5 Å². The van der Waals surface area contributed by atoms with Crippen LogP contribution in [0.5, 0.6) is 0 Å². The second-order valence-corrected chi connectivity index (χ2v) is 6.77. The molecule has 0 saturated carbocycles. The van der Waals surface area contributed by atoms with E-state index in [4.69, 9.17) is 11.6 Å². The van der Waals surface area contributed by atoms with E-state index in [0.29, 0.717) is 26.1 Å². The molecule has 0 bridgehead atoms. The molecule has 0 atom stereocenters. The summed E-state index contributed by atoms with van der Waals surface area (Å²) in [5.41, 5.74) is 0. The molecule has 0 aromatic heterocycles. The highest BCUT2D eigenvalue weighted by Gasteiger charge is 2.35. The lowest BCUT2D eigenvalue weighted by Crippen LogP contribution is -2.58. The van der Waals surface area contributed by atoms with Gasteiger partial charge in [0.05, 0.1) is 11.1 Å². The SMILES string of the molecule is CCCN(C1CNC1)S(=O)(=O)c1cc(F)ccc1Cl. The van der Waals surface area contributed by atoms with E-state index in [2.05, 4.69) is 5.32 Å². The van der Waals surface area contributed by atoms with Gasteiger partial charge in [0, 0.05) is 19.6 Å². The molecular weight excluding hydrogens is 291 g/mol. The minimum Gasteiger partial charge on any atom is -0.313 e. The van der Waals surface area contributed by atoms with Crippen molar-refractivity contribution in [2.45, 2.75) is 24.3 Å². The van der Waals surface area contributed by atoms with Crippen molar-refractivity contribution in [2.24, 2.45) is 0 Å². The highest BCUT2D eigenvalue weighted by molar-refractivity contribution is 7.89.